The quantitative estimate of drug-likeness (QED) is 0.574. The maximum absolute atomic E-state index is 11.3. The molecule has 1 heterocycles. The number of ether oxygens (including phenoxy) is 1. The van der Waals surface area contributed by atoms with Gasteiger partial charge in [-0.2, -0.15) is 5.10 Å². The molecule has 0 spiro atoms. The molecule has 1 aromatic heterocycles. The van der Waals surface area contributed by atoms with Crippen molar-refractivity contribution in [2.75, 3.05) is 6.54 Å². The van der Waals surface area contributed by atoms with Crippen LogP contribution in [0.1, 0.15) is 27.2 Å². The number of carbonyl (C=O) groups is 1. The zero-order valence-corrected chi connectivity index (χ0v) is 11.1. The van der Waals surface area contributed by atoms with E-state index in [1.54, 1.807) is 20.8 Å². The molecule has 2 N–H and O–H groups in total. The van der Waals surface area contributed by atoms with Crippen molar-refractivity contribution in [2.24, 2.45) is 0 Å². The fraction of sp³-hybridized carbons (Fsp3) is 0.636. The van der Waals surface area contributed by atoms with Gasteiger partial charge in [0.15, 0.2) is 0 Å². The molecular formula is C11H17N4O4. The maximum atomic E-state index is 11.3. The van der Waals surface area contributed by atoms with Gasteiger partial charge in [0.1, 0.15) is 5.60 Å². The number of aryl methyl sites for hydroxylation is 1. The van der Waals surface area contributed by atoms with Crippen LogP contribution in [-0.2, 0) is 11.3 Å². The van der Waals surface area contributed by atoms with Crippen LogP contribution in [0.3, 0.4) is 0 Å². The number of hydrogen-bond donors (Lipinski definition) is 2. The Bertz CT molecular complexity index is 541. The highest BCUT2D eigenvalue weighted by molar-refractivity contribution is 5.67. The van der Waals surface area contributed by atoms with Gasteiger partial charge in [0.05, 0.1) is 0 Å². The fourth-order valence-electron chi connectivity index (χ4n) is 1.25. The summed E-state index contributed by atoms with van der Waals surface area (Å²) in [6.45, 7) is 5.86. The van der Waals surface area contributed by atoms with Crippen molar-refractivity contribution < 1.29 is 9.53 Å². The van der Waals surface area contributed by atoms with Crippen molar-refractivity contribution >= 4 is 6.09 Å². The second-order valence-corrected chi connectivity index (χ2v) is 4.89. The summed E-state index contributed by atoms with van der Waals surface area (Å²) in [6, 6.07) is 0. The van der Waals surface area contributed by atoms with Crippen LogP contribution >= 0.6 is 0 Å². The van der Waals surface area contributed by atoms with Gasteiger partial charge in [-0.15, -0.1) is 0 Å². The summed E-state index contributed by atoms with van der Waals surface area (Å²) < 4.78 is 6.10. The fourth-order valence-corrected chi connectivity index (χ4v) is 1.25. The largest absolute Gasteiger partial charge is 0.444 e. The van der Waals surface area contributed by atoms with E-state index in [1.165, 1.54) is 0 Å². The third-order valence-electron chi connectivity index (χ3n) is 1.99. The van der Waals surface area contributed by atoms with Crippen LogP contribution in [0, 0.1) is 6.33 Å². The SMILES string of the molecule is CC(C)(C)OC(=O)NCCCn1[c]n[nH]c(=O)c1=O. The zero-order valence-electron chi connectivity index (χ0n) is 11.1. The van der Waals surface area contributed by atoms with E-state index in [0.29, 0.717) is 13.0 Å². The van der Waals surface area contributed by atoms with E-state index in [9.17, 15) is 14.4 Å². The van der Waals surface area contributed by atoms with Crippen LogP contribution in [0.4, 0.5) is 4.79 Å². The van der Waals surface area contributed by atoms with Gasteiger partial charge in [0.2, 0.25) is 6.33 Å². The predicted octanol–water partition coefficient (Wildman–Crippen LogP) is -0.353. The van der Waals surface area contributed by atoms with Crippen molar-refractivity contribution in [2.45, 2.75) is 39.3 Å². The Morgan fingerprint density at radius 1 is 1.47 bits per heavy atom. The number of H-pyrrole nitrogens is 1. The number of carbonyl (C=O) groups excluding carboxylic acids is 1. The summed E-state index contributed by atoms with van der Waals surface area (Å²) in [6.07, 6.45) is 2.30. The molecule has 0 aliphatic heterocycles. The number of aromatic amines is 1. The summed E-state index contributed by atoms with van der Waals surface area (Å²) in [5, 5.41) is 7.93. The molecule has 0 aliphatic carbocycles. The predicted molar refractivity (Wildman–Crippen MR) is 66.8 cm³/mol. The van der Waals surface area contributed by atoms with Crippen LogP contribution in [0.5, 0.6) is 0 Å². The van der Waals surface area contributed by atoms with E-state index in [2.05, 4.69) is 16.7 Å². The highest BCUT2D eigenvalue weighted by Gasteiger charge is 2.15. The van der Waals surface area contributed by atoms with Gasteiger partial charge in [-0.05, 0) is 27.2 Å². The number of hydrogen-bond acceptors (Lipinski definition) is 5. The molecule has 1 radical (unpaired) electrons. The first-order valence-corrected chi connectivity index (χ1v) is 5.83. The molecule has 0 fully saturated rings. The van der Waals surface area contributed by atoms with E-state index in [-0.39, 0.29) is 6.54 Å². The molecule has 105 valence electrons. The number of nitrogens with zero attached hydrogens (tertiary/aromatic N) is 2. The van der Waals surface area contributed by atoms with Crippen LogP contribution in [0.25, 0.3) is 0 Å². The lowest BCUT2D eigenvalue weighted by molar-refractivity contribution is 0.0526. The molecule has 0 bridgehead atoms. The Balaban J connectivity index is 2.36. The van der Waals surface area contributed by atoms with Gasteiger partial charge < -0.3 is 10.1 Å². The number of amides is 1. The first-order chi connectivity index (χ1) is 8.79. The second-order valence-electron chi connectivity index (χ2n) is 4.89. The first-order valence-electron chi connectivity index (χ1n) is 5.83. The number of aromatic nitrogens is 3. The smallest absolute Gasteiger partial charge is 0.407 e. The summed E-state index contributed by atoms with van der Waals surface area (Å²) in [4.78, 5) is 33.6. The molecule has 8 heteroatoms. The standard InChI is InChI=1S/C11H17N4O4/c1-11(2,3)19-10(18)12-5-4-6-15-7-13-14-8(16)9(15)17/h4-6H2,1-3H3,(H,12,18)(H,14,16). The van der Waals surface area contributed by atoms with Crippen LogP contribution in [0.15, 0.2) is 9.59 Å². The molecule has 0 saturated heterocycles. The molecule has 8 nitrogen and oxygen atoms in total. The lowest BCUT2D eigenvalue weighted by atomic mass is 10.2. The van der Waals surface area contributed by atoms with Crippen molar-refractivity contribution in [3.05, 3.63) is 27.0 Å². The molecule has 19 heavy (non-hydrogen) atoms. The number of rotatable bonds is 4. The van der Waals surface area contributed by atoms with Gasteiger partial charge in [-0.3, -0.25) is 14.2 Å². The summed E-state index contributed by atoms with van der Waals surface area (Å²) >= 11 is 0. The minimum Gasteiger partial charge on any atom is -0.444 e. The lowest BCUT2D eigenvalue weighted by Gasteiger charge is -2.19. The Hall–Kier alpha value is -2.12. The Kier molecular flexibility index (Phi) is 4.85. The molecule has 0 unspecified atom stereocenters. The monoisotopic (exact) mass is 269 g/mol. The summed E-state index contributed by atoms with van der Waals surface area (Å²) in [5.41, 5.74) is -2.06. The Morgan fingerprint density at radius 3 is 2.79 bits per heavy atom. The third-order valence-corrected chi connectivity index (χ3v) is 1.99. The molecule has 0 atom stereocenters. The van der Waals surface area contributed by atoms with Gasteiger partial charge in [-0.25, -0.2) is 9.89 Å². The van der Waals surface area contributed by atoms with E-state index < -0.39 is 22.8 Å². The Morgan fingerprint density at radius 2 is 2.16 bits per heavy atom. The van der Waals surface area contributed by atoms with Crippen molar-refractivity contribution in [1.29, 1.82) is 0 Å². The van der Waals surface area contributed by atoms with Crippen LogP contribution < -0.4 is 16.4 Å². The second kappa shape index (κ2) is 6.17. The van der Waals surface area contributed by atoms with Crippen molar-refractivity contribution in [1.82, 2.24) is 20.1 Å². The lowest BCUT2D eigenvalue weighted by Crippen LogP contribution is -2.38. The number of alkyl carbamates (subject to hydrolysis) is 1. The molecule has 1 amide bonds. The van der Waals surface area contributed by atoms with E-state index in [4.69, 9.17) is 4.74 Å². The summed E-state index contributed by atoms with van der Waals surface area (Å²) in [5.74, 6) is 0. The Labute approximate surface area is 109 Å². The number of nitrogens with one attached hydrogen (secondary N) is 2. The minimum absolute atomic E-state index is 0.242. The van der Waals surface area contributed by atoms with Crippen LogP contribution in [-0.4, -0.2) is 33.0 Å². The molecule has 0 aromatic carbocycles. The van der Waals surface area contributed by atoms with Crippen LogP contribution in [0.2, 0.25) is 0 Å². The maximum Gasteiger partial charge on any atom is 0.407 e. The van der Waals surface area contributed by atoms with Gasteiger partial charge in [0, 0.05) is 13.1 Å². The highest BCUT2D eigenvalue weighted by atomic mass is 16.6. The topological polar surface area (TPSA) is 106 Å². The zero-order chi connectivity index (χ0) is 14.5. The minimum atomic E-state index is -0.793. The third kappa shape index (κ3) is 5.36. The van der Waals surface area contributed by atoms with Gasteiger partial charge in [0.25, 0.3) is 0 Å². The molecule has 0 aliphatic rings. The molecule has 1 rings (SSSR count). The van der Waals surface area contributed by atoms with Crippen molar-refractivity contribution in [3.63, 3.8) is 0 Å². The average Bonchev–Trinajstić information content (AvgIpc) is 2.27. The summed E-state index contributed by atoms with van der Waals surface area (Å²) in [7, 11) is 0. The highest BCUT2D eigenvalue weighted by Crippen LogP contribution is 2.06. The molecular weight excluding hydrogens is 252 g/mol. The van der Waals surface area contributed by atoms with E-state index in [1.807, 2.05) is 5.10 Å². The average molecular weight is 269 g/mol. The normalized spacial score (nSPS) is 11.1. The first kappa shape index (κ1) is 14.9. The van der Waals surface area contributed by atoms with E-state index >= 15 is 0 Å². The van der Waals surface area contributed by atoms with Gasteiger partial charge >= 0.3 is 17.2 Å². The van der Waals surface area contributed by atoms with Crippen molar-refractivity contribution in [3.8, 4) is 0 Å². The van der Waals surface area contributed by atoms with E-state index in [0.717, 1.165) is 4.57 Å². The molecule has 0 saturated carbocycles. The van der Waals surface area contributed by atoms with Gasteiger partial charge in [-0.1, -0.05) is 0 Å². The molecule has 1 aromatic rings.